The minimum atomic E-state index is 0.732. The van der Waals surface area contributed by atoms with Crippen LogP contribution in [0.3, 0.4) is 0 Å². The third-order valence-electron chi connectivity index (χ3n) is 2.92. The van der Waals surface area contributed by atoms with Gasteiger partial charge in [0.15, 0.2) is 0 Å². The van der Waals surface area contributed by atoms with E-state index >= 15 is 0 Å². The van der Waals surface area contributed by atoms with E-state index in [1.165, 1.54) is 24.2 Å². The van der Waals surface area contributed by atoms with Gasteiger partial charge in [-0.2, -0.15) is 5.10 Å². The minimum absolute atomic E-state index is 0.732. The van der Waals surface area contributed by atoms with Crippen molar-refractivity contribution in [2.75, 3.05) is 33.4 Å². The maximum Gasteiger partial charge on any atom is 0.0656 e. The first-order valence-corrected chi connectivity index (χ1v) is 6.34. The number of nitrogens with one attached hydrogen (secondary N) is 3. The van der Waals surface area contributed by atoms with Crippen molar-refractivity contribution < 1.29 is 4.74 Å². The van der Waals surface area contributed by atoms with Crippen LogP contribution in [-0.2, 0) is 11.3 Å². The van der Waals surface area contributed by atoms with E-state index in [9.17, 15) is 0 Å². The number of hydrogen-bond donors (Lipinski definition) is 3. The van der Waals surface area contributed by atoms with Crippen LogP contribution in [0, 0.1) is 0 Å². The quantitative estimate of drug-likeness (QED) is 0.552. The molecule has 0 spiro atoms. The van der Waals surface area contributed by atoms with Crippen molar-refractivity contribution >= 4 is 0 Å². The van der Waals surface area contributed by atoms with Crippen molar-refractivity contribution in [3.63, 3.8) is 0 Å². The van der Waals surface area contributed by atoms with Crippen molar-refractivity contribution in [3.05, 3.63) is 17.5 Å². The number of hydrogen-bond acceptors (Lipinski definition) is 4. The summed E-state index contributed by atoms with van der Waals surface area (Å²) in [4.78, 5) is 0. The van der Waals surface area contributed by atoms with E-state index < -0.39 is 0 Å². The molecule has 3 N–H and O–H groups in total. The van der Waals surface area contributed by atoms with Gasteiger partial charge >= 0.3 is 0 Å². The zero-order chi connectivity index (χ0) is 11.9. The van der Waals surface area contributed by atoms with E-state index in [4.69, 9.17) is 4.74 Å². The van der Waals surface area contributed by atoms with Crippen LogP contribution >= 0.6 is 0 Å². The fourth-order valence-electron chi connectivity index (χ4n) is 1.76. The van der Waals surface area contributed by atoms with Gasteiger partial charge in [-0.05, 0) is 18.9 Å². The van der Waals surface area contributed by atoms with Crippen molar-refractivity contribution in [1.82, 2.24) is 20.8 Å². The summed E-state index contributed by atoms with van der Waals surface area (Å²) in [6.07, 6.45) is 2.61. The monoisotopic (exact) mass is 238 g/mol. The second-order valence-corrected chi connectivity index (χ2v) is 4.51. The van der Waals surface area contributed by atoms with E-state index in [0.717, 1.165) is 38.7 Å². The third-order valence-corrected chi connectivity index (χ3v) is 2.92. The standard InChI is InChI=1S/C12H22N4O/c1-17-7-6-13-4-5-14-9-11-8-12(16-15-11)10-2-3-10/h8,10,13-14H,2-7,9H2,1H3,(H,15,16). The van der Waals surface area contributed by atoms with E-state index in [1.54, 1.807) is 7.11 Å². The summed E-state index contributed by atoms with van der Waals surface area (Å²) >= 11 is 0. The smallest absolute Gasteiger partial charge is 0.0656 e. The Hall–Kier alpha value is -0.910. The second kappa shape index (κ2) is 6.74. The van der Waals surface area contributed by atoms with E-state index in [1.807, 2.05) is 0 Å². The SMILES string of the molecule is COCCNCCNCc1cc(C2CC2)n[nH]1. The molecule has 17 heavy (non-hydrogen) atoms. The third kappa shape index (κ3) is 4.46. The summed E-state index contributed by atoms with van der Waals surface area (Å²) in [6.45, 7) is 4.47. The number of aromatic nitrogens is 2. The Labute approximate surface area is 102 Å². The summed E-state index contributed by atoms with van der Waals surface area (Å²) in [7, 11) is 1.72. The first-order chi connectivity index (χ1) is 8.40. The predicted octanol–water partition coefficient (Wildman–Crippen LogP) is 0.613. The van der Waals surface area contributed by atoms with Crippen LogP contribution in [0.1, 0.15) is 30.1 Å². The molecule has 1 aliphatic carbocycles. The Kier molecular flexibility index (Phi) is 4.97. The Morgan fingerprint density at radius 1 is 1.35 bits per heavy atom. The van der Waals surface area contributed by atoms with Gasteiger partial charge in [0.05, 0.1) is 12.3 Å². The zero-order valence-electron chi connectivity index (χ0n) is 10.5. The van der Waals surface area contributed by atoms with Gasteiger partial charge in [0.1, 0.15) is 0 Å². The molecule has 0 bridgehead atoms. The largest absolute Gasteiger partial charge is 0.383 e. The molecule has 1 fully saturated rings. The lowest BCUT2D eigenvalue weighted by Gasteiger charge is -2.04. The van der Waals surface area contributed by atoms with Gasteiger partial charge in [0.2, 0.25) is 0 Å². The normalized spacial score (nSPS) is 15.4. The highest BCUT2D eigenvalue weighted by atomic mass is 16.5. The highest BCUT2D eigenvalue weighted by molar-refractivity contribution is 5.17. The molecule has 0 saturated heterocycles. The Balaban J connectivity index is 1.52. The molecule has 0 radical (unpaired) electrons. The van der Waals surface area contributed by atoms with Crippen LogP contribution in [0.25, 0.3) is 0 Å². The molecule has 1 aromatic rings. The lowest BCUT2D eigenvalue weighted by molar-refractivity contribution is 0.199. The van der Waals surface area contributed by atoms with E-state index in [2.05, 4.69) is 26.9 Å². The molecule has 1 aliphatic rings. The number of ether oxygens (including phenoxy) is 1. The van der Waals surface area contributed by atoms with Crippen LogP contribution in [0.4, 0.5) is 0 Å². The van der Waals surface area contributed by atoms with Crippen LogP contribution in [-0.4, -0.2) is 43.5 Å². The van der Waals surface area contributed by atoms with Gasteiger partial charge in [-0.1, -0.05) is 0 Å². The van der Waals surface area contributed by atoms with Gasteiger partial charge in [0, 0.05) is 44.9 Å². The summed E-state index contributed by atoms with van der Waals surface area (Å²) in [5.74, 6) is 0.732. The summed E-state index contributed by atoms with van der Waals surface area (Å²) < 4.78 is 4.95. The fourth-order valence-corrected chi connectivity index (χ4v) is 1.76. The lowest BCUT2D eigenvalue weighted by atomic mass is 10.2. The molecule has 96 valence electrons. The minimum Gasteiger partial charge on any atom is -0.383 e. The van der Waals surface area contributed by atoms with Crippen molar-refractivity contribution in [3.8, 4) is 0 Å². The lowest BCUT2D eigenvalue weighted by Crippen LogP contribution is -2.29. The second-order valence-electron chi connectivity index (χ2n) is 4.51. The molecule has 0 unspecified atom stereocenters. The molecular weight excluding hydrogens is 216 g/mol. The van der Waals surface area contributed by atoms with Crippen molar-refractivity contribution in [1.29, 1.82) is 0 Å². The van der Waals surface area contributed by atoms with Gasteiger partial charge < -0.3 is 15.4 Å². The van der Waals surface area contributed by atoms with Crippen molar-refractivity contribution in [2.24, 2.45) is 0 Å². The molecule has 5 heteroatoms. The number of H-pyrrole nitrogens is 1. The summed E-state index contributed by atoms with van der Waals surface area (Å²) in [5.41, 5.74) is 2.42. The molecule has 0 aromatic carbocycles. The maximum atomic E-state index is 4.95. The van der Waals surface area contributed by atoms with Gasteiger partial charge in [-0.15, -0.1) is 0 Å². The Morgan fingerprint density at radius 2 is 2.18 bits per heavy atom. The Bertz CT molecular complexity index is 322. The first-order valence-electron chi connectivity index (χ1n) is 6.34. The first kappa shape index (κ1) is 12.5. The highest BCUT2D eigenvalue weighted by Crippen LogP contribution is 2.38. The molecular formula is C12H22N4O. The fraction of sp³-hybridized carbons (Fsp3) is 0.750. The molecule has 5 nitrogen and oxygen atoms in total. The average molecular weight is 238 g/mol. The topological polar surface area (TPSA) is 62.0 Å². The van der Waals surface area contributed by atoms with Gasteiger partial charge in [0.25, 0.3) is 0 Å². The van der Waals surface area contributed by atoms with E-state index in [-0.39, 0.29) is 0 Å². The molecule has 0 atom stereocenters. The Morgan fingerprint density at radius 3 is 2.94 bits per heavy atom. The average Bonchev–Trinajstić information content (AvgIpc) is 3.09. The van der Waals surface area contributed by atoms with Gasteiger partial charge in [-0.25, -0.2) is 0 Å². The summed E-state index contributed by atoms with van der Waals surface area (Å²) in [5, 5.41) is 14.1. The number of rotatable bonds is 9. The van der Waals surface area contributed by atoms with Gasteiger partial charge in [-0.3, -0.25) is 5.10 Å². The molecule has 0 amide bonds. The number of nitrogens with zero attached hydrogens (tertiary/aromatic N) is 1. The zero-order valence-corrected chi connectivity index (χ0v) is 10.5. The van der Waals surface area contributed by atoms with Crippen LogP contribution in [0.15, 0.2) is 6.07 Å². The molecule has 0 aliphatic heterocycles. The van der Waals surface area contributed by atoms with Crippen LogP contribution in [0.2, 0.25) is 0 Å². The van der Waals surface area contributed by atoms with Crippen molar-refractivity contribution in [2.45, 2.75) is 25.3 Å². The van der Waals surface area contributed by atoms with E-state index in [0.29, 0.717) is 0 Å². The number of aromatic amines is 1. The van der Waals surface area contributed by atoms with Crippen LogP contribution in [0.5, 0.6) is 0 Å². The highest BCUT2D eigenvalue weighted by Gasteiger charge is 2.25. The van der Waals surface area contributed by atoms with Crippen LogP contribution < -0.4 is 10.6 Å². The predicted molar refractivity (Wildman–Crippen MR) is 67.0 cm³/mol. The summed E-state index contributed by atoms with van der Waals surface area (Å²) in [6, 6.07) is 2.18. The molecule has 2 rings (SSSR count). The molecule has 1 saturated carbocycles. The molecule has 1 aromatic heterocycles. The number of methoxy groups -OCH3 is 1. The molecule has 1 heterocycles. The maximum absolute atomic E-state index is 4.95.